The summed E-state index contributed by atoms with van der Waals surface area (Å²) in [6.45, 7) is 2.08. The van der Waals surface area contributed by atoms with Gasteiger partial charge >= 0.3 is 0 Å². The molecule has 0 fully saturated rings. The Morgan fingerprint density at radius 2 is 1.42 bits per heavy atom. The fraction of sp³-hybridized carbons (Fsp3) is 0.200. The number of ether oxygens (including phenoxy) is 3. The Balaban J connectivity index is 2.14. The zero-order chi connectivity index (χ0) is 17.1. The van der Waals surface area contributed by atoms with Crippen LogP contribution in [0.2, 0.25) is 0 Å². The van der Waals surface area contributed by atoms with Crippen LogP contribution in [-0.2, 0) is 0 Å². The molecule has 0 aliphatic rings. The van der Waals surface area contributed by atoms with Gasteiger partial charge in [-0.2, -0.15) is 0 Å². The average molecular weight is 323 g/mol. The molecule has 0 bridgehead atoms. The molecule has 0 aliphatic heterocycles. The van der Waals surface area contributed by atoms with E-state index < -0.39 is 0 Å². The third-order valence-corrected chi connectivity index (χ3v) is 4.02. The summed E-state index contributed by atoms with van der Waals surface area (Å²) in [4.78, 5) is 0. The number of benzene rings is 2. The van der Waals surface area contributed by atoms with Crippen LogP contribution in [0.15, 0.2) is 54.7 Å². The van der Waals surface area contributed by atoms with E-state index in [1.165, 1.54) is 5.56 Å². The van der Waals surface area contributed by atoms with Crippen LogP contribution in [0.1, 0.15) is 5.56 Å². The van der Waals surface area contributed by atoms with E-state index in [2.05, 4.69) is 41.8 Å². The molecule has 0 aliphatic carbocycles. The molecule has 124 valence electrons. The van der Waals surface area contributed by atoms with Crippen molar-refractivity contribution in [3.8, 4) is 34.2 Å². The number of methoxy groups -OCH3 is 3. The Kier molecular flexibility index (Phi) is 4.47. The summed E-state index contributed by atoms with van der Waals surface area (Å²) < 4.78 is 18.5. The highest BCUT2D eigenvalue weighted by atomic mass is 16.5. The van der Waals surface area contributed by atoms with E-state index >= 15 is 0 Å². The maximum Gasteiger partial charge on any atom is 0.203 e. The molecule has 24 heavy (non-hydrogen) atoms. The van der Waals surface area contributed by atoms with Crippen molar-refractivity contribution in [2.75, 3.05) is 21.3 Å². The molecule has 0 N–H and O–H groups in total. The molecule has 2 aromatic carbocycles. The molecule has 0 unspecified atom stereocenters. The summed E-state index contributed by atoms with van der Waals surface area (Å²) in [5.41, 5.74) is 4.39. The van der Waals surface area contributed by atoms with Crippen molar-refractivity contribution in [2.45, 2.75) is 6.92 Å². The first-order valence-electron chi connectivity index (χ1n) is 7.72. The molecule has 1 heterocycles. The molecular formula is C20H21NO3. The lowest BCUT2D eigenvalue weighted by Gasteiger charge is -2.15. The molecule has 4 nitrogen and oxygen atoms in total. The van der Waals surface area contributed by atoms with Crippen LogP contribution in [0.5, 0.6) is 17.2 Å². The van der Waals surface area contributed by atoms with Gasteiger partial charge in [0.05, 0.1) is 27.0 Å². The topological polar surface area (TPSA) is 32.6 Å². The molecule has 0 spiro atoms. The second-order valence-corrected chi connectivity index (χ2v) is 5.51. The number of hydrogen-bond acceptors (Lipinski definition) is 3. The molecule has 4 heteroatoms. The highest BCUT2D eigenvalue weighted by molar-refractivity contribution is 5.70. The summed E-state index contributed by atoms with van der Waals surface area (Å²) >= 11 is 0. The van der Waals surface area contributed by atoms with E-state index in [4.69, 9.17) is 14.2 Å². The molecule has 0 saturated carbocycles. The molecular weight excluding hydrogens is 302 g/mol. The van der Waals surface area contributed by atoms with E-state index in [9.17, 15) is 0 Å². The maximum atomic E-state index is 5.46. The van der Waals surface area contributed by atoms with Crippen molar-refractivity contribution in [3.05, 3.63) is 60.3 Å². The highest BCUT2D eigenvalue weighted by Gasteiger charge is 2.16. The Hall–Kier alpha value is -2.88. The Labute approximate surface area is 142 Å². The van der Waals surface area contributed by atoms with Gasteiger partial charge in [-0.3, -0.25) is 0 Å². The van der Waals surface area contributed by atoms with Crippen LogP contribution < -0.4 is 14.2 Å². The lowest BCUT2D eigenvalue weighted by molar-refractivity contribution is 0.324. The molecule has 0 amide bonds. The second-order valence-electron chi connectivity index (χ2n) is 5.51. The van der Waals surface area contributed by atoms with Gasteiger partial charge in [-0.05, 0) is 43.3 Å². The van der Waals surface area contributed by atoms with Crippen molar-refractivity contribution in [2.24, 2.45) is 0 Å². The fourth-order valence-corrected chi connectivity index (χ4v) is 2.78. The van der Waals surface area contributed by atoms with Crippen LogP contribution in [0.25, 0.3) is 16.9 Å². The quantitative estimate of drug-likeness (QED) is 0.694. The lowest BCUT2D eigenvalue weighted by atomic mass is 10.1. The van der Waals surface area contributed by atoms with Gasteiger partial charge < -0.3 is 18.8 Å². The van der Waals surface area contributed by atoms with Crippen LogP contribution in [0, 0.1) is 6.92 Å². The van der Waals surface area contributed by atoms with Crippen molar-refractivity contribution in [3.63, 3.8) is 0 Å². The van der Waals surface area contributed by atoms with E-state index in [0.717, 1.165) is 16.9 Å². The minimum absolute atomic E-state index is 0.595. The first-order chi connectivity index (χ1) is 11.7. The molecule has 0 saturated heterocycles. The van der Waals surface area contributed by atoms with E-state index in [1.807, 2.05) is 24.4 Å². The predicted molar refractivity (Wildman–Crippen MR) is 95.6 cm³/mol. The number of hydrogen-bond donors (Lipinski definition) is 0. The minimum Gasteiger partial charge on any atom is -0.493 e. The lowest BCUT2D eigenvalue weighted by Crippen LogP contribution is -1.98. The molecule has 0 atom stereocenters. The van der Waals surface area contributed by atoms with Crippen molar-refractivity contribution in [1.29, 1.82) is 0 Å². The Morgan fingerprint density at radius 1 is 0.792 bits per heavy atom. The third kappa shape index (κ3) is 2.83. The summed E-state index contributed by atoms with van der Waals surface area (Å²) in [5, 5.41) is 0. The van der Waals surface area contributed by atoms with E-state index in [-0.39, 0.29) is 0 Å². The molecule has 0 radical (unpaired) electrons. The smallest absolute Gasteiger partial charge is 0.203 e. The standard InChI is InChI=1S/C20H21NO3/c1-14-7-9-16(10-8-14)21-11-5-6-17(21)15-12-18(22-2)20(24-4)19(13-15)23-3/h5-13H,1-4H3. The van der Waals surface area contributed by atoms with Gasteiger partial charge in [0, 0.05) is 17.4 Å². The SMILES string of the molecule is COc1cc(-c2cccn2-c2ccc(C)cc2)cc(OC)c1OC. The summed E-state index contributed by atoms with van der Waals surface area (Å²) in [6, 6.07) is 16.4. The van der Waals surface area contributed by atoms with Crippen LogP contribution in [0.4, 0.5) is 0 Å². The van der Waals surface area contributed by atoms with Gasteiger partial charge in [0.2, 0.25) is 5.75 Å². The van der Waals surface area contributed by atoms with Crippen LogP contribution in [-0.4, -0.2) is 25.9 Å². The zero-order valence-electron chi connectivity index (χ0n) is 14.4. The van der Waals surface area contributed by atoms with Crippen molar-refractivity contribution >= 4 is 0 Å². The summed E-state index contributed by atoms with van der Waals surface area (Å²) in [5.74, 6) is 1.88. The molecule has 3 aromatic rings. The van der Waals surface area contributed by atoms with Crippen LogP contribution in [0.3, 0.4) is 0 Å². The number of rotatable bonds is 5. The van der Waals surface area contributed by atoms with Gasteiger partial charge in [-0.15, -0.1) is 0 Å². The first kappa shape index (κ1) is 16.0. The third-order valence-electron chi connectivity index (χ3n) is 4.02. The summed E-state index contributed by atoms with van der Waals surface area (Å²) in [6.07, 6.45) is 2.04. The Morgan fingerprint density at radius 3 is 1.96 bits per heavy atom. The Bertz CT molecular complexity index is 809. The minimum atomic E-state index is 0.595. The average Bonchev–Trinajstić information content (AvgIpc) is 3.10. The zero-order valence-corrected chi connectivity index (χ0v) is 14.4. The molecule has 1 aromatic heterocycles. The second kappa shape index (κ2) is 6.71. The highest BCUT2D eigenvalue weighted by Crippen LogP contribution is 2.41. The largest absolute Gasteiger partial charge is 0.493 e. The predicted octanol–water partition coefficient (Wildman–Crippen LogP) is 4.48. The van der Waals surface area contributed by atoms with Gasteiger partial charge in [-0.1, -0.05) is 17.7 Å². The van der Waals surface area contributed by atoms with Gasteiger partial charge in [-0.25, -0.2) is 0 Å². The fourth-order valence-electron chi connectivity index (χ4n) is 2.78. The van der Waals surface area contributed by atoms with Crippen molar-refractivity contribution in [1.82, 2.24) is 4.57 Å². The van der Waals surface area contributed by atoms with Gasteiger partial charge in [0.15, 0.2) is 11.5 Å². The maximum absolute atomic E-state index is 5.46. The van der Waals surface area contributed by atoms with Gasteiger partial charge in [0.25, 0.3) is 0 Å². The molecule has 3 rings (SSSR count). The van der Waals surface area contributed by atoms with Gasteiger partial charge in [0.1, 0.15) is 0 Å². The van der Waals surface area contributed by atoms with Crippen LogP contribution >= 0.6 is 0 Å². The number of nitrogens with zero attached hydrogens (tertiary/aromatic N) is 1. The first-order valence-corrected chi connectivity index (χ1v) is 7.72. The van der Waals surface area contributed by atoms with Crippen molar-refractivity contribution < 1.29 is 14.2 Å². The number of aryl methyl sites for hydroxylation is 1. The number of aromatic nitrogens is 1. The summed E-state index contributed by atoms with van der Waals surface area (Å²) in [7, 11) is 4.86. The normalized spacial score (nSPS) is 10.5. The van der Waals surface area contributed by atoms with E-state index in [0.29, 0.717) is 17.2 Å². The monoisotopic (exact) mass is 323 g/mol. The van der Waals surface area contributed by atoms with E-state index in [1.54, 1.807) is 21.3 Å².